The van der Waals surface area contributed by atoms with Gasteiger partial charge in [-0.25, -0.2) is 4.39 Å². The third-order valence-corrected chi connectivity index (χ3v) is 2.79. The Labute approximate surface area is 84.3 Å². The molecular formula is C12H16FN. The Morgan fingerprint density at radius 1 is 1.36 bits per heavy atom. The van der Waals surface area contributed by atoms with Crippen molar-refractivity contribution in [2.45, 2.75) is 32.7 Å². The topological polar surface area (TPSA) is 12.0 Å². The summed E-state index contributed by atoms with van der Waals surface area (Å²) in [4.78, 5) is 0. The summed E-state index contributed by atoms with van der Waals surface area (Å²) in [5.41, 5.74) is 1.36. The second kappa shape index (κ2) is 3.26. The molecule has 0 heterocycles. The summed E-state index contributed by atoms with van der Waals surface area (Å²) in [6.45, 7) is 4.52. The van der Waals surface area contributed by atoms with Crippen molar-refractivity contribution >= 4 is 5.69 Å². The lowest BCUT2D eigenvalue weighted by Crippen LogP contribution is -2.41. The fourth-order valence-corrected chi connectivity index (χ4v) is 2.19. The third-order valence-electron chi connectivity index (χ3n) is 2.79. The monoisotopic (exact) mass is 193 g/mol. The van der Waals surface area contributed by atoms with Crippen molar-refractivity contribution in [1.29, 1.82) is 0 Å². The predicted molar refractivity (Wildman–Crippen MR) is 56.8 cm³/mol. The first-order valence-electron chi connectivity index (χ1n) is 5.07. The fourth-order valence-electron chi connectivity index (χ4n) is 2.19. The van der Waals surface area contributed by atoms with Crippen molar-refractivity contribution in [2.24, 2.45) is 5.41 Å². The molecule has 1 fully saturated rings. The van der Waals surface area contributed by atoms with Crippen LogP contribution in [0.1, 0.15) is 26.7 Å². The highest BCUT2D eigenvalue weighted by molar-refractivity contribution is 5.44. The summed E-state index contributed by atoms with van der Waals surface area (Å²) in [6.07, 6.45) is 2.34. The maximum Gasteiger partial charge on any atom is 0.125 e. The normalized spacial score (nSPS) is 20.2. The van der Waals surface area contributed by atoms with E-state index in [1.54, 1.807) is 12.1 Å². The standard InChI is InChI=1S/C12H16FN/c1-12(2)7-11(8-12)14-10-5-3-4-9(13)6-10/h3-6,11,14H,7-8H2,1-2H3. The van der Waals surface area contributed by atoms with E-state index in [1.165, 1.54) is 18.9 Å². The molecule has 0 spiro atoms. The Kier molecular flexibility index (Phi) is 2.22. The molecule has 0 radical (unpaired) electrons. The molecule has 1 N–H and O–H groups in total. The molecule has 0 aliphatic heterocycles. The summed E-state index contributed by atoms with van der Waals surface area (Å²) in [7, 11) is 0. The van der Waals surface area contributed by atoms with E-state index in [2.05, 4.69) is 19.2 Å². The first kappa shape index (κ1) is 9.50. The predicted octanol–water partition coefficient (Wildman–Crippen LogP) is 3.43. The van der Waals surface area contributed by atoms with E-state index in [0.717, 1.165) is 5.69 Å². The molecule has 2 heteroatoms. The van der Waals surface area contributed by atoms with Crippen LogP contribution in [0.2, 0.25) is 0 Å². The molecule has 1 aliphatic carbocycles. The number of hydrogen-bond acceptors (Lipinski definition) is 1. The molecule has 2 rings (SSSR count). The number of hydrogen-bond donors (Lipinski definition) is 1. The van der Waals surface area contributed by atoms with Crippen molar-refractivity contribution in [3.8, 4) is 0 Å². The van der Waals surface area contributed by atoms with E-state index in [0.29, 0.717) is 11.5 Å². The number of halogens is 1. The van der Waals surface area contributed by atoms with Gasteiger partial charge in [0.2, 0.25) is 0 Å². The zero-order chi connectivity index (χ0) is 10.2. The molecule has 0 saturated heterocycles. The van der Waals surface area contributed by atoms with E-state index in [4.69, 9.17) is 0 Å². The van der Waals surface area contributed by atoms with Crippen LogP contribution in [0.5, 0.6) is 0 Å². The summed E-state index contributed by atoms with van der Waals surface area (Å²) < 4.78 is 12.9. The van der Waals surface area contributed by atoms with Gasteiger partial charge in [0.25, 0.3) is 0 Å². The summed E-state index contributed by atoms with van der Waals surface area (Å²) in [5.74, 6) is -0.173. The summed E-state index contributed by atoms with van der Waals surface area (Å²) in [5, 5.41) is 3.33. The van der Waals surface area contributed by atoms with E-state index in [9.17, 15) is 4.39 Å². The van der Waals surface area contributed by atoms with Gasteiger partial charge in [-0.3, -0.25) is 0 Å². The van der Waals surface area contributed by atoms with Gasteiger partial charge in [-0.05, 0) is 36.5 Å². The number of benzene rings is 1. The van der Waals surface area contributed by atoms with Gasteiger partial charge in [0.05, 0.1) is 0 Å². The molecule has 1 saturated carbocycles. The maximum absolute atomic E-state index is 12.9. The lowest BCUT2D eigenvalue weighted by Gasteiger charge is -2.43. The van der Waals surface area contributed by atoms with Gasteiger partial charge in [-0.15, -0.1) is 0 Å². The average molecular weight is 193 g/mol. The van der Waals surface area contributed by atoms with Gasteiger partial charge in [0.15, 0.2) is 0 Å². The van der Waals surface area contributed by atoms with Crippen molar-refractivity contribution < 1.29 is 4.39 Å². The quantitative estimate of drug-likeness (QED) is 0.758. The molecule has 1 aromatic rings. The van der Waals surface area contributed by atoms with Gasteiger partial charge < -0.3 is 5.32 Å². The molecule has 0 bridgehead atoms. The van der Waals surface area contributed by atoms with Gasteiger partial charge in [-0.1, -0.05) is 19.9 Å². The number of rotatable bonds is 2. The van der Waals surface area contributed by atoms with Crippen LogP contribution in [0.15, 0.2) is 24.3 Å². The van der Waals surface area contributed by atoms with Crippen LogP contribution in [0.25, 0.3) is 0 Å². The minimum Gasteiger partial charge on any atom is -0.382 e. The zero-order valence-electron chi connectivity index (χ0n) is 8.68. The Hall–Kier alpha value is -1.05. The van der Waals surface area contributed by atoms with Crippen molar-refractivity contribution in [3.05, 3.63) is 30.1 Å². The molecule has 14 heavy (non-hydrogen) atoms. The fraction of sp³-hybridized carbons (Fsp3) is 0.500. The smallest absolute Gasteiger partial charge is 0.125 e. The molecule has 1 aliphatic rings. The lowest BCUT2D eigenvalue weighted by atomic mass is 9.68. The molecule has 76 valence electrons. The minimum atomic E-state index is -0.173. The maximum atomic E-state index is 12.9. The van der Waals surface area contributed by atoms with Crippen LogP contribution in [0.4, 0.5) is 10.1 Å². The zero-order valence-corrected chi connectivity index (χ0v) is 8.68. The molecule has 1 nitrogen and oxygen atoms in total. The Morgan fingerprint density at radius 3 is 2.64 bits per heavy atom. The van der Waals surface area contributed by atoms with Crippen LogP contribution < -0.4 is 5.32 Å². The van der Waals surface area contributed by atoms with Crippen LogP contribution in [-0.4, -0.2) is 6.04 Å². The van der Waals surface area contributed by atoms with E-state index >= 15 is 0 Å². The molecule has 0 unspecified atom stereocenters. The Bertz CT molecular complexity index is 325. The van der Waals surface area contributed by atoms with Crippen molar-refractivity contribution in [1.82, 2.24) is 0 Å². The molecular weight excluding hydrogens is 177 g/mol. The summed E-state index contributed by atoms with van der Waals surface area (Å²) in [6, 6.07) is 7.18. The minimum absolute atomic E-state index is 0.173. The highest BCUT2D eigenvalue weighted by atomic mass is 19.1. The van der Waals surface area contributed by atoms with Crippen molar-refractivity contribution in [3.63, 3.8) is 0 Å². The Morgan fingerprint density at radius 2 is 2.07 bits per heavy atom. The van der Waals surface area contributed by atoms with Crippen LogP contribution >= 0.6 is 0 Å². The number of nitrogens with one attached hydrogen (secondary N) is 1. The third kappa shape index (κ3) is 2.06. The van der Waals surface area contributed by atoms with E-state index < -0.39 is 0 Å². The van der Waals surface area contributed by atoms with Gasteiger partial charge in [-0.2, -0.15) is 0 Å². The van der Waals surface area contributed by atoms with Gasteiger partial charge in [0.1, 0.15) is 5.82 Å². The van der Waals surface area contributed by atoms with Crippen LogP contribution in [-0.2, 0) is 0 Å². The van der Waals surface area contributed by atoms with Crippen LogP contribution in [0, 0.1) is 11.2 Å². The van der Waals surface area contributed by atoms with E-state index in [-0.39, 0.29) is 5.82 Å². The highest BCUT2D eigenvalue weighted by Gasteiger charge is 2.35. The van der Waals surface area contributed by atoms with Crippen LogP contribution in [0.3, 0.4) is 0 Å². The van der Waals surface area contributed by atoms with Gasteiger partial charge >= 0.3 is 0 Å². The second-order valence-corrected chi connectivity index (χ2v) is 4.92. The van der Waals surface area contributed by atoms with Crippen molar-refractivity contribution in [2.75, 3.05) is 5.32 Å². The average Bonchev–Trinajstić information content (AvgIpc) is 2.00. The lowest BCUT2D eigenvalue weighted by molar-refractivity contribution is 0.167. The second-order valence-electron chi connectivity index (χ2n) is 4.92. The van der Waals surface area contributed by atoms with Gasteiger partial charge in [0, 0.05) is 11.7 Å². The molecule has 0 amide bonds. The summed E-state index contributed by atoms with van der Waals surface area (Å²) >= 11 is 0. The SMILES string of the molecule is CC1(C)CC(Nc2cccc(F)c2)C1. The molecule has 0 atom stereocenters. The first-order valence-corrected chi connectivity index (χ1v) is 5.07. The highest BCUT2D eigenvalue weighted by Crippen LogP contribution is 2.41. The number of anilines is 1. The largest absolute Gasteiger partial charge is 0.382 e. The molecule has 1 aromatic carbocycles. The molecule has 0 aromatic heterocycles. The van der Waals surface area contributed by atoms with E-state index in [1.807, 2.05) is 6.07 Å². The first-order chi connectivity index (χ1) is 6.55. The Balaban J connectivity index is 1.93.